The molecule has 0 spiro atoms. The van der Waals surface area contributed by atoms with Crippen LogP contribution in [0.4, 0.5) is 5.69 Å². The van der Waals surface area contributed by atoms with Crippen LogP contribution in [0.15, 0.2) is 39.2 Å². The standard InChI is InChI=1S/C12H10N4OS2/c1-6-15-8-5-9(7(13)4-10(8)18-6)19-12-14-3-2-11(17)16-12/h2-5H,13H2,1H3,(H,14,16,17). The van der Waals surface area contributed by atoms with Gasteiger partial charge in [0.15, 0.2) is 5.16 Å². The van der Waals surface area contributed by atoms with Gasteiger partial charge in [-0.15, -0.1) is 11.3 Å². The van der Waals surface area contributed by atoms with Crippen molar-refractivity contribution in [3.05, 3.63) is 39.8 Å². The lowest BCUT2D eigenvalue weighted by atomic mass is 10.3. The molecule has 7 heteroatoms. The van der Waals surface area contributed by atoms with E-state index in [0.29, 0.717) is 10.8 Å². The number of benzene rings is 1. The number of rotatable bonds is 2. The van der Waals surface area contributed by atoms with Gasteiger partial charge >= 0.3 is 0 Å². The molecule has 0 atom stereocenters. The van der Waals surface area contributed by atoms with E-state index in [2.05, 4.69) is 15.0 Å². The zero-order valence-corrected chi connectivity index (χ0v) is 11.6. The minimum absolute atomic E-state index is 0.179. The molecule has 2 heterocycles. The Balaban J connectivity index is 2.04. The van der Waals surface area contributed by atoms with Crippen molar-refractivity contribution < 1.29 is 0 Å². The number of hydrogen-bond acceptors (Lipinski definition) is 6. The van der Waals surface area contributed by atoms with Crippen LogP contribution in [0.5, 0.6) is 0 Å². The van der Waals surface area contributed by atoms with Gasteiger partial charge in [0.05, 0.1) is 15.2 Å². The molecule has 0 aliphatic rings. The number of nitrogens with one attached hydrogen (secondary N) is 1. The zero-order valence-electron chi connectivity index (χ0n) is 10.0. The van der Waals surface area contributed by atoms with E-state index in [9.17, 15) is 4.79 Å². The van der Waals surface area contributed by atoms with Crippen LogP contribution in [0.3, 0.4) is 0 Å². The van der Waals surface area contributed by atoms with Crippen molar-refractivity contribution in [2.75, 3.05) is 5.73 Å². The summed E-state index contributed by atoms with van der Waals surface area (Å²) in [5, 5.41) is 1.52. The smallest absolute Gasteiger partial charge is 0.251 e. The Morgan fingerprint density at radius 2 is 2.26 bits per heavy atom. The first kappa shape index (κ1) is 12.2. The molecule has 19 heavy (non-hydrogen) atoms. The summed E-state index contributed by atoms with van der Waals surface area (Å²) in [5.41, 5.74) is 7.42. The largest absolute Gasteiger partial charge is 0.398 e. The molecule has 0 aliphatic carbocycles. The van der Waals surface area contributed by atoms with Crippen LogP contribution in [0.2, 0.25) is 0 Å². The van der Waals surface area contributed by atoms with Crippen LogP contribution >= 0.6 is 23.1 Å². The average molecular weight is 290 g/mol. The molecule has 0 saturated carbocycles. The monoisotopic (exact) mass is 290 g/mol. The third kappa shape index (κ3) is 2.47. The van der Waals surface area contributed by atoms with Gasteiger partial charge in [-0.05, 0) is 30.8 Å². The van der Waals surface area contributed by atoms with Crippen molar-refractivity contribution in [1.82, 2.24) is 15.0 Å². The highest BCUT2D eigenvalue weighted by Crippen LogP contribution is 2.34. The molecular formula is C12H10N4OS2. The SMILES string of the molecule is Cc1nc2cc(Sc3nccc(=O)[nH]3)c(N)cc2s1. The van der Waals surface area contributed by atoms with Crippen LogP contribution in [0.25, 0.3) is 10.2 Å². The van der Waals surface area contributed by atoms with Gasteiger partial charge in [-0.1, -0.05) is 0 Å². The van der Waals surface area contributed by atoms with E-state index in [1.54, 1.807) is 11.3 Å². The molecule has 2 aromatic heterocycles. The van der Waals surface area contributed by atoms with Crippen molar-refractivity contribution >= 4 is 39.0 Å². The van der Waals surface area contributed by atoms with Crippen molar-refractivity contribution in [1.29, 1.82) is 0 Å². The lowest BCUT2D eigenvalue weighted by molar-refractivity contribution is 0.937. The molecule has 3 aromatic rings. The number of nitrogens with two attached hydrogens (primary N) is 1. The predicted octanol–water partition coefficient (Wildman–Crippen LogP) is 2.42. The van der Waals surface area contributed by atoms with Gasteiger partial charge in [0, 0.05) is 22.8 Å². The van der Waals surface area contributed by atoms with Crippen molar-refractivity contribution in [2.45, 2.75) is 17.0 Å². The molecule has 0 saturated heterocycles. The Labute approximate surface area is 116 Å². The second kappa shape index (κ2) is 4.67. The van der Waals surface area contributed by atoms with Gasteiger partial charge in [-0.3, -0.25) is 4.79 Å². The second-order valence-corrected chi connectivity index (χ2v) is 6.20. The second-order valence-electron chi connectivity index (χ2n) is 3.93. The number of nitrogen functional groups attached to an aromatic ring is 1. The number of aromatic amines is 1. The Kier molecular flexibility index (Phi) is 3.00. The molecule has 0 aliphatic heterocycles. The van der Waals surface area contributed by atoms with Gasteiger partial charge in [-0.25, -0.2) is 9.97 Å². The van der Waals surface area contributed by atoms with Crippen molar-refractivity contribution in [3.8, 4) is 0 Å². The Morgan fingerprint density at radius 3 is 3.05 bits per heavy atom. The van der Waals surface area contributed by atoms with E-state index in [1.807, 2.05) is 19.1 Å². The average Bonchev–Trinajstić information content (AvgIpc) is 2.69. The minimum atomic E-state index is -0.179. The summed E-state index contributed by atoms with van der Waals surface area (Å²) in [6.45, 7) is 1.96. The topological polar surface area (TPSA) is 84.7 Å². The highest BCUT2D eigenvalue weighted by Gasteiger charge is 2.08. The van der Waals surface area contributed by atoms with Crippen LogP contribution in [-0.2, 0) is 0 Å². The summed E-state index contributed by atoms with van der Waals surface area (Å²) in [4.78, 5) is 23.3. The summed E-state index contributed by atoms with van der Waals surface area (Å²) in [5.74, 6) is 0. The first-order chi connectivity index (χ1) is 9.11. The summed E-state index contributed by atoms with van der Waals surface area (Å²) >= 11 is 2.94. The molecule has 0 unspecified atom stereocenters. The molecule has 3 rings (SSSR count). The highest BCUT2D eigenvalue weighted by atomic mass is 32.2. The Morgan fingerprint density at radius 1 is 1.42 bits per heavy atom. The number of aromatic nitrogens is 3. The minimum Gasteiger partial charge on any atom is -0.398 e. The highest BCUT2D eigenvalue weighted by molar-refractivity contribution is 7.99. The normalized spacial score (nSPS) is 11.0. The lowest BCUT2D eigenvalue weighted by Gasteiger charge is -2.04. The summed E-state index contributed by atoms with van der Waals surface area (Å²) in [7, 11) is 0. The van der Waals surface area contributed by atoms with E-state index in [1.165, 1.54) is 24.0 Å². The van der Waals surface area contributed by atoms with Crippen LogP contribution in [0, 0.1) is 6.92 Å². The molecular weight excluding hydrogens is 280 g/mol. The maximum atomic E-state index is 11.2. The lowest BCUT2D eigenvalue weighted by Crippen LogP contribution is -2.05. The fraction of sp³-hybridized carbons (Fsp3) is 0.0833. The molecule has 3 N–H and O–H groups in total. The number of anilines is 1. The fourth-order valence-electron chi connectivity index (χ4n) is 1.68. The third-order valence-electron chi connectivity index (χ3n) is 2.48. The third-order valence-corrected chi connectivity index (χ3v) is 4.39. The fourth-order valence-corrected chi connectivity index (χ4v) is 3.36. The number of hydrogen-bond donors (Lipinski definition) is 2. The summed E-state index contributed by atoms with van der Waals surface area (Å²) < 4.78 is 1.06. The van der Waals surface area contributed by atoms with Crippen molar-refractivity contribution in [2.24, 2.45) is 0 Å². The quantitative estimate of drug-likeness (QED) is 0.559. The molecule has 5 nitrogen and oxygen atoms in total. The number of fused-ring (bicyclic) bond motifs is 1. The molecule has 0 bridgehead atoms. The first-order valence-electron chi connectivity index (χ1n) is 5.52. The zero-order chi connectivity index (χ0) is 13.4. The van der Waals surface area contributed by atoms with Gasteiger partial charge < -0.3 is 10.7 Å². The van der Waals surface area contributed by atoms with Gasteiger partial charge in [0.1, 0.15) is 0 Å². The summed E-state index contributed by atoms with van der Waals surface area (Å²) in [6.07, 6.45) is 1.48. The Hall–Kier alpha value is -1.86. The van der Waals surface area contributed by atoms with Gasteiger partial charge in [0.25, 0.3) is 5.56 Å². The number of H-pyrrole nitrogens is 1. The predicted molar refractivity (Wildman–Crippen MR) is 77.8 cm³/mol. The van der Waals surface area contributed by atoms with E-state index < -0.39 is 0 Å². The molecule has 96 valence electrons. The molecule has 1 aromatic carbocycles. The maximum absolute atomic E-state index is 11.2. The van der Waals surface area contributed by atoms with Crippen LogP contribution < -0.4 is 11.3 Å². The molecule has 0 fully saturated rings. The van der Waals surface area contributed by atoms with E-state index in [4.69, 9.17) is 5.73 Å². The number of aryl methyl sites for hydroxylation is 1. The maximum Gasteiger partial charge on any atom is 0.251 e. The molecule has 0 amide bonds. The Bertz CT molecular complexity index is 809. The van der Waals surface area contributed by atoms with Crippen LogP contribution in [-0.4, -0.2) is 15.0 Å². The van der Waals surface area contributed by atoms with Gasteiger partial charge in [-0.2, -0.15) is 0 Å². The van der Waals surface area contributed by atoms with Crippen molar-refractivity contribution in [3.63, 3.8) is 0 Å². The van der Waals surface area contributed by atoms with E-state index in [0.717, 1.165) is 20.1 Å². The van der Waals surface area contributed by atoms with Crippen LogP contribution in [0.1, 0.15) is 5.01 Å². The van der Waals surface area contributed by atoms with E-state index in [-0.39, 0.29) is 5.56 Å². The first-order valence-corrected chi connectivity index (χ1v) is 7.15. The summed E-state index contributed by atoms with van der Waals surface area (Å²) in [6, 6.07) is 5.20. The number of thiazole rings is 1. The van der Waals surface area contributed by atoms with E-state index >= 15 is 0 Å². The van der Waals surface area contributed by atoms with Gasteiger partial charge in [0.2, 0.25) is 0 Å². The number of nitrogens with zero attached hydrogens (tertiary/aromatic N) is 2. The molecule has 0 radical (unpaired) electrons.